The molecule has 0 aromatic heterocycles. The zero-order valence-electron chi connectivity index (χ0n) is 9.46. The largest absolute Gasteiger partial charge is 0.481 e. The number of carboxylic acid groups (broad SMARTS) is 1. The molecule has 3 atom stereocenters. The first-order chi connectivity index (χ1) is 8.00. The number of carboxylic acids is 1. The average Bonchev–Trinajstić information content (AvgIpc) is 2.55. The summed E-state index contributed by atoms with van der Waals surface area (Å²) in [5.41, 5.74) is 5.00. The Morgan fingerprint density at radius 3 is 2.71 bits per heavy atom. The summed E-state index contributed by atoms with van der Waals surface area (Å²) in [6.45, 7) is 0. The van der Waals surface area contributed by atoms with E-state index in [9.17, 15) is 14.7 Å². The molecule has 0 aromatic carbocycles. The Balaban J connectivity index is 2.22. The van der Waals surface area contributed by atoms with E-state index >= 15 is 0 Å². The minimum Gasteiger partial charge on any atom is -0.481 e. The monoisotopic (exact) mass is 262 g/mol. The van der Waals surface area contributed by atoms with E-state index in [1.807, 2.05) is 0 Å². The van der Waals surface area contributed by atoms with Gasteiger partial charge in [-0.2, -0.15) is 11.8 Å². The topological polar surface area (TPSA) is 113 Å². The molecule has 5 N–H and O–H groups in total. The number of aliphatic carboxylic acids is 1. The number of rotatable bonds is 6. The highest BCUT2D eigenvalue weighted by atomic mass is 32.2. The molecule has 98 valence electrons. The summed E-state index contributed by atoms with van der Waals surface area (Å²) >= 11 is 1.59. The van der Waals surface area contributed by atoms with Crippen LogP contribution in [0.3, 0.4) is 0 Å². The smallest absolute Gasteiger partial charge is 0.312 e. The Morgan fingerprint density at radius 2 is 2.12 bits per heavy atom. The first-order valence-corrected chi connectivity index (χ1v) is 6.63. The third-order valence-corrected chi connectivity index (χ3v) is 4.23. The fourth-order valence-electron chi connectivity index (χ4n) is 1.87. The third kappa shape index (κ3) is 4.82. The first kappa shape index (κ1) is 14.1. The number of carbonyl (C=O) groups is 2. The van der Waals surface area contributed by atoms with E-state index in [1.165, 1.54) is 0 Å². The summed E-state index contributed by atoms with van der Waals surface area (Å²) in [4.78, 5) is 21.0. The van der Waals surface area contributed by atoms with Crippen LogP contribution in [0.4, 0.5) is 4.79 Å². The van der Waals surface area contributed by atoms with E-state index < -0.39 is 18.1 Å². The van der Waals surface area contributed by atoms with Crippen molar-refractivity contribution >= 4 is 23.8 Å². The maximum absolute atomic E-state index is 10.7. The number of nitrogens with two attached hydrogens (primary N) is 1. The van der Waals surface area contributed by atoms with Crippen LogP contribution in [0.2, 0.25) is 0 Å². The summed E-state index contributed by atoms with van der Waals surface area (Å²) in [7, 11) is 0. The van der Waals surface area contributed by atoms with Crippen molar-refractivity contribution in [2.24, 2.45) is 5.73 Å². The van der Waals surface area contributed by atoms with Crippen LogP contribution in [0.25, 0.3) is 0 Å². The van der Waals surface area contributed by atoms with Gasteiger partial charge >= 0.3 is 12.0 Å². The van der Waals surface area contributed by atoms with Crippen LogP contribution in [-0.2, 0) is 4.79 Å². The fourth-order valence-corrected chi connectivity index (χ4v) is 3.32. The van der Waals surface area contributed by atoms with Gasteiger partial charge < -0.3 is 21.3 Å². The number of carbonyl (C=O) groups excluding carboxylic acids is 1. The molecule has 0 aromatic rings. The van der Waals surface area contributed by atoms with Crippen molar-refractivity contribution in [3.05, 3.63) is 0 Å². The van der Waals surface area contributed by atoms with Gasteiger partial charge in [-0.25, -0.2) is 4.79 Å². The van der Waals surface area contributed by atoms with Gasteiger partial charge in [0.2, 0.25) is 0 Å². The summed E-state index contributed by atoms with van der Waals surface area (Å²) < 4.78 is 0. The van der Waals surface area contributed by atoms with E-state index in [1.54, 1.807) is 11.8 Å². The lowest BCUT2D eigenvalue weighted by molar-refractivity contribution is -0.137. The lowest BCUT2D eigenvalue weighted by Gasteiger charge is -2.18. The molecule has 0 aliphatic carbocycles. The number of hydrogen-bond acceptors (Lipinski definition) is 4. The van der Waals surface area contributed by atoms with Crippen molar-refractivity contribution in [3.8, 4) is 0 Å². The Labute approximate surface area is 104 Å². The molecular formula is C10H18N2O4S. The van der Waals surface area contributed by atoms with E-state index in [0.29, 0.717) is 12.2 Å². The standard InChI is InChI=1S/C10H18N2O4S/c11-10(16)12-6-5-17-7(9(6)15)3-1-2-4-8(13)14/h6-7,9,15H,1-5H2,(H,13,14)(H3,11,12,16). The molecule has 17 heavy (non-hydrogen) atoms. The van der Waals surface area contributed by atoms with Crippen LogP contribution in [-0.4, -0.2) is 45.4 Å². The molecule has 6 nitrogen and oxygen atoms in total. The molecule has 0 saturated carbocycles. The van der Waals surface area contributed by atoms with Crippen LogP contribution in [0.1, 0.15) is 25.7 Å². The van der Waals surface area contributed by atoms with Gasteiger partial charge in [0.15, 0.2) is 0 Å². The summed E-state index contributed by atoms with van der Waals surface area (Å²) in [5, 5.41) is 20.9. The van der Waals surface area contributed by atoms with Crippen LogP contribution in [0.15, 0.2) is 0 Å². The first-order valence-electron chi connectivity index (χ1n) is 5.58. The summed E-state index contributed by atoms with van der Waals surface area (Å²) in [5.74, 6) is -0.147. The van der Waals surface area contributed by atoms with Crippen LogP contribution >= 0.6 is 11.8 Å². The Hall–Kier alpha value is -0.950. The fraction of sp³-hybridized carbons (Fsp3) is 0.800. The maximum atomic E-state index is 10.7. The molecule has 0 bridgehead atoms. The molecule has 1 aliphatic heterocycles. The Kier molecular flexibility index (Phi) is 5.57. The number of thioether (sulfide) groups is 1. The number of aliphatic hydroxyl groups excluding tert-OH is 1. The normalized spacial score (nSPS) is 27.9. The van der Waals surface area contributed by atoms with Crippen molar-refractivity contribution in [3.63, 3.8) is 0 Å². The molecular weight excluding hydrogens is 244 g/mol. The maximum Gasteiger partial charge on any atom is 0.312 e. The molecule has 1 rings (SSSR count). The minimum absolute atomic E-state index is 0.0562. The lowest BCUT2D eigenvalue weighted by atomic mass is 10.0. The van der Waals surface area contributed by atoms with Gasteiger partial charge in [0.05, 0.1) is 12.1 Å². The van der Waals surface area contributed by atoms with Gasteiger partial charge in [0.25, 0.3) is 0 Å². The SMILES string of the molecule is NC(=O)NC1CSC(CCCCC(=O)O)C1O. The zero-order chi connectivity index (χ0) is 12.8. The number of urea groups is 1. The quantitative estimate of drug-likeness (QED) is 0.509. The zero-order valence-corrected chi connectivity index (χ0v) is 10.3. The van der Waals surface area contributed by atoms with E-state index in [2.05, 4.69) is 5.32 Å². The lowest BCUT2D eigenvalue weighted by Crippen LogP contribution is -2.46. The van der Waals surface area contributed by atoms with Gasteiger partial charge in [-0.1, -0.05) is 6.42 Å². The Morgan fingerprint density at radius 1 is 1.41 bits per heavy atom. The number of unbranched alkanes of at least 4 members (excludes halogenated alkanes) is 1. The number of nitrogens with one attached hydrogen (secondary N) is 1. The highest BCUT2D eigenvalue weighted by Crippen LogP contribution is 2.31. The molecule has 7 heteroatoms. The second-order valence-electron chi connectivity index (χ2n) is 4.12. The van der Waals surface area contributed by atoms with Crippen LogP contribution in [0.5, 0.6) is 0 Å². The second-order valence-corrected chi connectivity index (χ2v) is 5.39. The van der Waals surface area contributed by atoms with Crippen LogP contribution in [0, 0.1) is 0 Å². The number of hydrogen-bond donors (Lipinski definition) is 4. The molecule has 1 heterocycles. The number of amides is 2. The average molecular weight is 262 g/mol. The van der Waals surface area contributed by atoms with Gasteiger partial charge in [0, 0.05) is 17.4 Å². The highest BCUT2D eigenvalue weighted by molar-refractivity contribution is 8.00. The van der Waals surface area contributed by atoms with Crippen molar-refractivity contribution < 1.29 is 19.8 Å². The molecule has 1 aliphatic rings. The third-order valence-electron chi connectivity index (χ3n) is 2.74. The van der Waals surface area contributed by atoms with Gasteiger partial charge in [-0.15, -0.1) is 0 Å². The number of aliphatic hydroxyl groups is 1. The Bertz CT molecular complexity index is 287. The summed E-state index contributed by atoms with van der Waals surface area (Å²) in [6.07, 6.45) is 1.71. The molecule has 1 saturated heterocycles. The highest BCUT2D eigenvalue weighted by Gasteiger charge is 2.35. The molecule has 2 amide bonds. The van der Waals surface area contributed by atoms with Crippen molar-refractivity contribution in [2.45, 2.75) is 43.1 Å². The van der Waals surface area contributed by atoms with E-state index in [-0.39, 0.29) is 17.7 Å². The van der Waals surface area contributed by atoms with Crippen molar-refractivity contribution in [1.82, 2.24) is 5.32 Å². The van der Waals surface area contributed by atoms with Crippen molar-refractivity contribution in [2.75, 3.05) is 5.75 Å². The van der Waals surface area contributed by atoms with E-state index in [4.69, 9.17) is 10.8 Å². The van der Waals surface area contributed by atoms with Gasteiger partial charge in [-0.05, 0) is 12.8 Å². The van der Waals surface area contributed by atoms with E-state index in [0.717, 1.165) is 12.8 Å². The molecule has 3 unspecified atom stereocenters. The second kappa shape index (κ2) is 6.70. The van der Waals surface area contributed by atoms with Crippen LogP contribution < -0.4 is 11.1 Å². The minimum atomic E-state index is -0.794. The van der Waals surface area contributed by atoms with Gasteiger partial charge in [0.1, 0.15) is 0 Å². The number of primary amides is 1. The predicted molar refractivity (Wildman–Crippen MR) is 64.9 cm³/mol. The predicted octanol–water partition coefficient (Wildman–Crippen LogP) is 0.145. The molecule has 0 radical (unpaired) electrons. The molecule has 1 fully saturated rings. The van der Waals surface area contributed by atoms with Crippen molar-refractivity contribution in [1.29, 1.82) is 0 Å². The van der Waals surface area contributed by atoms with Gasteiger partial charge in [-0.3, -0.25) is 4.79 Å². The molecule has 0 spiro atoms. The summed E-state index contributed by atoms with van der Waals surface area (Å²) in [6, 6.07) is -0.914.